The Hall–Kier alpha value is -0.420. The highest BCUT2D eigenvalue weighted by Gasteiger charge is 2.17. The van der Waals surface area contributed by atoms with E-state index < -0.39 is 0 Å². The molecule has 0 aliphatic carbocycles. The van der Waals surface area contributed by atoms with E-state index in [0.717, 1.165) is 16.7 Å². The predicted octanol–water partition coefficient (Wildman–Crippen LogP) is 3.98. The standard InChI is InChI=1S/C14H27BrN4/c1-4-5-6-7-8-9-10-11-12(16-2)13-14(15)17-18-19(13)3/h12,16H,4-11H2,1-3H3. The Morgan fingerprint density at radius 3 is 2.32 bits per heavy atom. The van der Waals surface area contributed by atoms with Gasteiger partial charge in [0.25, 0.3) is 0 Å². The molecule has 5 heteroatoms. The third-order valence-corrected chi connectivity index (χ3v) is 4.17. The number of hydrogen-bond acceptors (Lipinski definition) is 3. The summed E-state index contributed by atoms with van der Waals surface area (Å²) in [6.45, 7) is 2.26. The lowest BCUT2D eigenvalue weighted by Gasteiger charge is -2.16. The topological polar surface area (TPSA) is 42.7 Å². The number of aromatic nitrogens is 3. The number of hydrogen-bond donors (Lipinski definition) is 1. The molecule has 0 aliphatic heterocycles. The van der Waals surface area contributed by atoms with Crippen LogP contribution in [0.3, 0.4) is 0 Å². The minimum Gasteiger partial charge on any atom is -0.312 e. The second kappa shape index (κ2) is 9.48. The number of rotatable bonds is 10. The van der Waals surface area contributed by atoms with Gasteiger partial charge in [-0.3, -0.25) is 0 Å². The fourth-order valence-electron chi connectivity index (χ4n) is 2.43. The molecule has 1 aromatic rings. The Kier molecular flexibility index (Phi) is 8.30. The van der Waals surface area contributed by atoms with E-state index in [-0.39, 0.29) is 0 Å². The van der Waals surface area contributed by atoms with Crippen molar-refractivity contribution < 1.29 is 0 Å². The Balaban J connectivity index is 2.26. The van der Waals surface area contributed by atoms with Crippen molar-refractivity contribution >= 4 is 15.9 Å². The third kappa shape index (κ3) is 5.61. The molecule has 0 aromatic carbocycles. The number of halogens is 1. The van der Waals surface area contributed by atoms with Crippen molar-refractivity contribution in [3.8, 4) is 0 Å². The summed E-state index contributed by atoms with van der Waals surface area (Å²) in [7, 11) is 3.95. The zero-order valence-corrected chi connectivity index (χ0v) is 14.0. The summed E-state index contributed by atoms with van der Waals surface area (Å²) < 4.78 is 2.71. The van der Waals surface area contributed by atoms with Crippen LogP contribution < -0.4 is 5.32 Å². The van der Waals surface area contributed by atoms with Crippen LogP contribution in [0.5, 0.6) is 0 Å². The molecule has 1 aromatic heterocycles. The lowest BCUT2D eigenvalue weighted by atomic mass is 10.0. The molecule has 0 saturated carbocycles. The lowest BCUT2D eigenvalue weighted by molar-refractivity contribution is 0.468. The van der Waals surface area contributed by atoms with Gasteiger partial charge in [0, 0.05) is 7.05 Å². The Morgan fingerprint density at radius 2 is 1.79 bits per heavy atom. The first kappa shape index (κ1) is 16.6. The first-order valence-corrected chi connectivity index (χ1v) is 8.22. The second-order valence-corrected chi connectivity index (χ2v) is 5.89. The van der Waals surface area contributed by atoms with Gasteiger partial charge in [-0.05, 0) is 29.4 Å². The first-order chi connectivity index (χ1) is 9.20. The van der Waals surface area contributed by atoms with E-state index in [0.29, 0.717) is 6.04 Å². The maximum Gasteiger partial charge on any atom is 0.153 e. The largest absolute Gasteiger partial charge is 0.312 e. The summed E-state index contributed by atoms with van der Waals surface area (Å²) in [6, 6.07) is 0.338. The predicted molar refractivity (Wildman–Crippen MR) is 83.1 cm³/mol. The number of aryl methyl sites for hydroxylation is 1. The molecular formula is C14H27BrN4. The zero-order valence-electron chi connectivity index (χ0n) is 12.5. The maximum absolute atomic E-state index is 4.05. The van der Waals surface area contributed by atoms with Crippen LogP contribution in [0.1, 0.15) is 70.0 Å². The van der Waals surface area contributed by atoms with E-state index in [9.17, 15) is 0 Å². The van der Waals surface area contributed by atoms with Crippen molar-refractivity contribution in [3.05, 3.63) is 10.3 Å². The highest BCUT2D eigenvalue weighted by Crippen LogP contribution is 2.24. The van der Waals surface area contributed by atoms with Crippen LogP contribution in [0.25, 0.3) is 0 Å². The molecule has 1 atom stereocenters. The van der Waals surface area contributed by atoms with Gasteiger partial charge >= 0.3 is 0 Å². The van der Waals surface area contributed by atoms with Crippen molar-refractivity contribution in [2.45, 2.75) is 64.3 Å². The summed E-state index contributed by atoms with van der Waals surface area (Å²) in [5, 5.41) is 11.5. The van der Waals surface area contributed by atoms with Gasteiger partial charge in [0.1, 0.15) is 0 Å². The summed E-state index contributed by atoms with van der Waals surface area (Å²) in [5.41, 5.74) is 1.15. The van der Waals surface area contributed by atoms with Crippen molar-refractivity contribution in [1.82, 2.24) is 20.3 Å². The lowest BCUT2D eigenvalue weighted by Crippen LogP contribution is -2.19. The average Bonchev–Trinajstić information content (AvgIpc) is 2.73. The van der Waals surface area contributed by atoms with E-state index in [1.54, 1.807) is 0 Å². The molecule has 1 unspecified atom stereocenters. The van der Waals surface area contributed by atoms with Gasteiger partial charge in [-0.2, -0.15) is 0 Å². The van der Waals surface area contributed by atoms with Gasteiger partial charge < -0.3 is 5.32 Å². The molecule has 110 valence electrons. The van der Waals surface area contributed by atoms with Crippen LogP contribution in [0, 0.1) is 0 Å². The molecule has 0 saturated heterocycles. The number of nitrogens with one attached hydrogen (secondary N) is 1. The highest BCUT2D eigenvalue weighted by atomic mass is 79.9. The van der Waals surface area contributed by atoms with E-state index in [1.165, 1.54) is 44.9 Å². The van der Waals surface area contributed by atoms with Crippen LogP contribution in [-0.2, 0) is 7.05 Å². The summed E-state index contributed by atoms with van der Waals surface area (Å²) in [6.07, 6.45) is 10.6. The normalized spacial score (nSPS) is 12.8. The van der Waals surface area contributed by atoms with Crippen LogP contribution in [0.2, 0.25) is 0 Å². The molecule has 1 N–H and O–H groups in total. The van der Waals surface area contributed by atoms with Crippen molar-refractivity contribution in [3.63, 3.8) is 0 Å². The SMILES string of the molecule is CCCCCCCCCC(NC)c1c(Br)nnn1C. The van der Waals surface area contributed by atoms with Gasteiger partial charge in [0.05, 0.1) is 11.7 Å². The molecule has 0 spiro atoms. The van der Waals surface area contributed by atoms with E-state index in [4.69, 9.17) is 0 Å². The minimum absolute atomic E-state index is 0.338. The van der Waals surface area contributed by atoms with E-state index in [2.05, 4.69) is 38.5 Å². The van der Waals surface area contributed by atoms with Gasteiger partial charge in [-0.1, -0.05) is 57.1 Å². The highest BCUT2D eigenvalue weighted by molar-refractivity contribution is 9.10. The fourth-order valence-corrected chi connectivity index (χ4v) is 3.04. The molecule has 4 nitrogen and oxygen atoms in total. The molecule has 19 heavy (non-hydrogen) atoms. The fraction of sp³-hybridized carbons (Fsp3) is 0.857. The van der Waals surface area contributed by atoms with Crippen LogP contribution >= 0.6 is 15.9 Å². The van der Waals surface area contributed by atoms with Crippen molar-refractivity contribution in [2.75, 3.05) is 7.05 Å². The first-order valence-electron chi connectivity index (χ1n) is 7.43. The second-order valence-electron chi connectivity index (χ2n) is 5.14. The monoisotopic (exact) mass is 330 g/mol. The molecule has 1 rings (SSSR count). The van der Waals surface area contributed by atoms with Crippen LogP contribution in [0.4, 0.5) is 0 Å². The molecule has 0 bridgehead atoms. The van der Waals surface area contributed by atoms with Crippen LogP contribution in [-0.4, -0.2) is 22.0 Å². The molecule has 1 heterocycles. The Labute approximate surface area is 125 Å². The van der Waals surface area contributed by atoms with E-state index in [1.807, 2.05) is 18.8 Å². The van der Waals surface area contributed by atoms with Crippen molar-refractivity contribution in [1.29, 1.82) is 0 Å². The van der Waals surface area contributed by atoms with Gasteiger partial charge in [0.15, 0.2) is 4.60 Å². The summed E-state index contributed by atoms with van der Waals surface area (Å²) >= 11 is 3.48. The summed E-state index contributed by atoms with van der Waals surface area (Å²) in [4.78, 5) is 0. The Bertz CT molecular complexity index is 332. The smallest absolute Gasteiger partial charge is 0.153 e. The molecule has 0 amide bonds. The molecular weight excluding hydrogens is 304 g/mol. The van der Waals surface area contributed by atoms with Crippen molar-refractivity contribution in [2.24, 2.45) is 7.05 Å². The number of nitrogens with zero attached hydrogens (tertiary/aromatic N) is 3. The molecule has 0 fully saturated rings. The third-order valence-electron chi connectivity index (χ3n) is 3.60. The van der Waals surface area contributed by atoms with Gasteiger partial charge in [0.2, 0.25) is 0 Å². The minimum atomic E-state index is 0.338. The molecule has 0 radical (unpaired) electrons. The molecule has 0 aliphatic rings. The quantitative estimate of drug-likeness (QED) is 0.660. The van der Waals surface area contributed by atoms with E-state index >= 15 is 0 Å². The maximum atomic E-state index is 4.05. The van der Waals surface area contributed by atoms with Gasteiger partial charge in [-0.15, -0.1) is 5.10 Å². The Morgan fingerprint density at radius 1 is 1.16 bits per heavy atom. The number of unbranched alkanes of at least 4 members (excludes halogenated alkanes) is 6. The van der Waals surface area contributed by atoms with Gasteiger partial charge in [-0.25, -0.2) is 4.68 Å². The zero-order chi connectivity index (χ0) is 14.1. The van der Waals surface area contributed by atoms with Crippen LogP contribution in [0.15, 0.2) is 4.60 Å². The average molecular weight is 331 g/mol. The summed E-state index contributed by atoms with van der Waals surface area (Å²) in [5.74, 6) is 0.